The summed E-state index contributed by atoms with van der Waals surface area (Å²) < 4.78 is 11.6. The summed E-state index contributed by atoms with van der Waals surface area (Å²) in [6.07, 6.45) is 0.925. The number of amides is 1. The Morgan fingerprint density at radius 2 is 2.19 bits per heavy atom. The number of nitrogens with zero attached hydrogens (tertiary/aromatic N) is 1. The molecule has 4 rings (SSSR count). The van der Waals surface area contributed by atoms with Crippen LogP contribution in [0, 0.1) is 0 Å². The van der Waals surface area contributed by atoms with Gasteiger partial charge < -0.3 is 19.5 Å². The maximum Gasteiger partial charge on any atom is 0.219 e. The molecule has 26 heavy (non-hydrogen) atoms. The number of likely N-dealkylation sites (N-methyl/N-ethyl adjacent to an activating group) is 1. The number of carbonyl (C=O) groups excluding carboxylic acids is 2. The summed E-state index contributed by atoms with van der Waals surface area (Å²) in [7, 11) is 3.30. The Kier molecular flexibility index (Phi) is 3.64. The molecule has 0 spiro atoms. The highest BCUT2D eigenvalue weighted by atomic mass is 16.5. The van der Waals surface area contributed by atoms with E-state index >= 15 is 0 Å². The van der Waals surface area contributed by atoms with E-state index < -0.39 is 23.2 Å². The van der Waals surface area contributed by atoms with Gasteiger partial charge in [-0.3, -0.25) is 9.59 Å². The van der Waals surface area contributed by atoms with Gasteiger partial charge in [-0.05, 0) is 30.9 Å². The number of ether oxygens (including phenoxy) is 2. The van der Waals surface area contributed by atoms with Crippen molar-refractivity contribution < 1.29 is 24.2 Å². The van der Waals surface area contributed by atoms with Crippen LogP contribution >= 0.6 is 0 Å². The van der Waals surface area contributed by atoms with Crippen LogP contribution in [0.2, 0.25) is 0 Å². The zero-order valence-corrected chi connectivity index (χ0v) is 15.7. The lowest BCUT2D eigenvalue weighted by atomic mass is 9.51. The van der Waals surface area contributed by atoms with Gasteiger partial charge in [-0.15, -0.1) is 0 Å². The number of aliphatic hydroxyl groups is 1. The molecule has 6 nitrogen and oxygen atoms in total. The van der Waals surface area contributed by atoms with Gasteiger partial charge in [0.15, 0.2) is 23.4 Å². The topological polar surface area (TPSA) is 76.1 Å². The molecule has 2 unspecified atom stereocenters. The molecular formula is C20H25NO5. The molecule has 0 aromatic heterocycles. The molecule has 0 bridgehead atoms. The van der Waals surface area contributed by atoms with E-state index in [2.05, 4.69) is 0 Å². The Labute approximate surface area is 153 Å². The highest BCUT2D eigenvalue weighted by Crippen LogP contribution is 2.63. The monoisotopic (exact) mass is 359 g/mol. The standard InChI is InChI=1S/C20H25NO5/c1-5-19-16-12-6-7-14(25-4)17(16)26-18(19)13(23)8-9-20(19,24)15(10-12)21(3)11(2)22/h6-7,15,18,24H,5,8-10H2,1-4H3/t15-,18?,19+,20?/m0/s1. The summed E-state index contributed by atoms with van der Waals surface area (Å²) >= 11 is 0. The number of rotatable bonds is 3. The highest BCUT2D eigenvalue weighted by Gasteiger charge is 2.70. The number of benzene rings is 1. The van der Waals surface area contributed by atoms with Crippen molar-refractivity contribution in [3.63, 3.8) is 0 Å². The van der Waals surface area contributed by atoms with Gasteiger partial charge in [-0.1, -0.05) is 13.0 Å². The van der Waals surface area contributed by atoms with Crippen molar-refractivity contribution in [3.05, 3.63) is 23.3 Å². The Morgan fingerprint density at radius 3 is 2.81 bits per heavy atom. The van der Waals surface area contributed by atoms with Crippen LogP contribution in [0.3, 0.4) is 0 Å². The van der Waals surface area contributed by atoms with Crippen LogP contribution in [0.4, 0.5) is 0 Å². The Morgan fingerprint density at radius 1 is 1.46 bits per heavy atom. The van der Waals surface area contributed by atoms with Crippen LogP contribution in [0.15, 0.2) is 12.1 Å². The van der Waals surface area contributed by atoms with Gasteiger partial charge in [-0.25, -0.2) is 0 Å². The number of hydrogen-bond acceptors (Lipinski definition) is 5. The third-order valence-corrected chi connectivity index (χ3v) is 6.86. The fourth-order valence-electron chi connectivity index (χ4n) is 5.53. The second kappa shape index (κ2) is 5.46. The number of hydrogen-bond donors (Lipinski definition) is 1. The van der Waals surface area contributed by atoms with Gasteiger partial charge in [0, 0.05) is 26.0 Å². The molecule has 2 aliphatic carbocycles. The van der Waals surface area contributed by atoms with Crippen molar-refractivity contribution in [2.75, 3.05) is 14.2 Å². The Bertz CT molecular complexity index is 806. The lowest BCUT2D eigenvalue weighted by Gasteiger charge is -2.58. The molecule has 0 saturated heterocycles. The van der Waals surface area contributed by atoms with Crippen LogP contribution in [-0.4, -0.2) is 53.6 Å². The highest BCUT2D eigenvalue weighted by molar-refractivity contribution is 5.90. The van der Waals surface area contributed by atoms with Crippen molar-refractivity contribution in [1.82, 2.24) is 4.90 Å². The van der Waals surface area contributed by atoms with E-state index in [9.17, 15) is 14.7 Å². The van der Waals surface area contributed by atoms with Crippen LogP contribution in [0.1, 0.15) is 44.2 Å². The first kappa shape index (κ1) is 17.3. The first-order valence-electron chi connectivity index (χ1n) is 9.17. The van der Waals surface area contributed by atoms with Crippen molar-refractivity contribution >= 4 is 11.7 Å². The molecule has 1 aromatic rings. The number of methoxy groups -OCH3 is 1. The van der Waals surface area contributed by atoms with E-state index in [1.807, 2.05) is 19.1 Å². The lowest BCUT2D eigenvalue weighted by molar-refractivity contribution is -0.172. The summed E-state index contributed by atoms with van der Waals surface area (Å²) in [5.74, 6) is 1.07. The summed E-state index contributed by atoms with van der Waals surface area (Å²) in [6.45, 7) is 3.49. The van der Waals surface area contributed by atoms with Crippen LogP contribution in [-0.2, 0) is 21.4 Å². The summed E-state index contributed by atoms with van der Waals surface area (Å²) in [6, 6.07) is 3.42. The predicted molar refractivity (Wildman–Crippen MR) is 94.5 cm³/mol. The third-order valence-electron chi connectivity index (χ3n) is 6.86. The summed E-state index contributed by atoms with van der Waals surface area (Å²) in [5.41, 5.74) is -0.157. The second-order valence-corrected chi connectivity index (χ2v) is 7.69. The van der Waals surface area contributed by atoms with E-state index in [0.29, 0.717) is 30.8 Å². The Balaban J connectivity index is 2.03. The maximum atomic E-state index is 12.8. The van der Waals surface area contributed by atoms with Crippen LogP contribution in [0.25, 0.3) is 0 Å². The van der Waals surface area contributed by atoms with E-state index in [0.717, 1.165) is 11.1 Å². The summed E-state index contributed by atoms with van der Waals surface area (Å²) in [4.78, 5) is 26.5. The molecule has 3 aliphatic rings. The molecule has 1 fully saturated rings. The first-order chi connectivity index (χ1) is 12.3. The fraction of sp³-hybridized carbons (Fsp3) is 0.600. The van der Waals surface area contributed by atoms with Crippen molar-refractivity contribution in [1.29, 1.82) is 0 Å². The minimum Gasteiger partial charge on any atom is -0.493 e. The SMILES string of the molecule is CC[C@@]12c3c4ccc(OC)c3OC1C(=O)CCC2(O)[C@@H](N(C)C(C)=O)C4. The van der Waals surface area contributed by atoms with Gasteiger partial charge in [0.05, 0.1) is 24.2 Å². The molecule has 1 aromatic carbocycles. The zero-order chi connectivity index (χ0) is 18.9. The zero-order valence-electron chi connectivity index (χ0n) is 15.7. The molecule has 140 valence electrons. The largest absolute Gasteiger partial charge is 0.493 e. The lowest BCUT2D eigenvalue weighted by Crippen LogP contribution is -2.72. The quantitative estimate of drug-likeness (QED) is 0.887. The molecular weight excluding hydrogens is 334 g/mol. The van der Waals surface area contributed by atoms with Gasteiger partial charge in [-0.2, -0.15) is 0 Å². The fourth-order valence-corrected chi connectivity index (χ4v) is 5.53. The van der Waals surface area contributed by atoms with Gasteiger partial charge >= 0.3 is 0 Å². The average Bonchev–Trinajstić information content (AvgIpc) is 3.00. The molecule has 1 saturated carbocycles. The van der Waals surface area contributed by atoms with Crippen LogP contribution < -0.4 is 9.47 Å². The van der Waals surface area contributed by atoms with Gasteiger partial charge in [0.25, 0.3) is 0 Å². The van der Waals surface area contributed by atoms with E-state index in [1.54, 1.807) is 19.1 Å². The first-order valence-corrected chi connectivity index (χ1v) is 9.17. The van der Waals surface area contributed by atoms with Gasteiger partial charge in [0.1, 0.15) is 0 Å². The van der Waals surface area contributed by atoms with Crippen molar-refractivity contribution in [3.8, 4) is 11.5 Å². The minimum atomic E-state index is -1.22. The van der Waals surface area contributed by atoms with Gasteiger partial charge in [0.2, 0.25) is 5.91 Å². The number of carbonyl (C=O) groups is 2. The predicted octanol–water partition coefficient (Wildman–Crippen LogP) is 1.60. The number of ketones is 1. The molecule has 4 atom stereocenters. The van der Waals surface area contributed by atoms with E-state index in [4.69, 9.17) is 9.47 Å². The molecule has 0 radical (unpaired) electrons. The molecule has 1 N–H and O–H groups in total. The molecule has 1 amide bonds. The van der Waals surface area contributed by atoms with Crippen molar-refractivity contribution in [2.45, 2.75) is 62.7 Å². The van der Waals surface area contributed by atoms with Crippen molar-refractivity contribution in [2.24, 2.45) is 0 Å². The van der Waals surface area contributed by atoms with Crippen LogP contribution in [0.5, 0.6) is 11.5 Å². The third kappa shape index (κ3) is 1.80. The normalized spacial score (nSPS) is 34.1. The number of Topliss-reactive ketones (excluding diaryl/α,β-unsaturated/α-hetero) is 1. The maximum absolute atomic E-state index is 12.8. The molecule has 6 heteroatoms. The summed E-state index contributed by atoms with van der Waals surface area (Å²) in [5, 5.41) is 12.0. The second-order valence-electron chi connectivity index (χ2n) is 7.69. The average molecular weight is 359 g/mol. The Hall–Kier alpha value is -2.08. The minimum absolute atomic E-state index is 0.00635. The molecule has 1 aliphatic heterocycles. The van der Waals surface area contributed by atoms with E-state index in [1.165, 1.54) is 6.92 Å². The smallest absolute Gasteiger partial charge is 0.219 e. The molecule has 1 heterocycles. The van der Waals surface area contributed by atoms with E-state index in [-0.39, 0.29) is 18.1 Å².